The van der Waals surface area contributed by atoms with Crippen molar-refractivity contribution in [1.82, 2.24) is 9.88 Å². The molecule has 0 aliphatic carbocycles. The first-order valence-electron chi connectivity index (χ1n) is 10.4. The molecule has 10 heteroatoms. The third-order valence-corrected chi connectivity index (χ3v) is 5.79. The molecule has 0 fully saturated rings. The smallest absolute Gasteiger partial charge is 0.348 e. The van der Waals surface area contributed by atoms with Gasteiger partial charge in [-0.3, -0.25) is 14.2 Å². The highest BCUT2D eigenvalue weighted by Gasteiger charge is 2.31. The van der Waals surface area contributed by atoms with E-state index in [4.69, 9.17) is 0 Å². The Labute approximate surface area is 196 Å². The van der Waals surface area contributed by atoms with Gasteiger partial charge in [-0.05, 0) is 47.4 Å². The van der Waals surface area contributed by atoms with E-state index in [1.165, 1.54) is 18.2 Å². The maximum absolute atomic E-state index is 13.2. The maximum atomic E-state index is 13.2. The summed E-state index contributed by atoms with van der Waals surface area (Å²) in [5.74, 6) is -0.950. The number of nitrogens with zero attached hydrogens (tertiary/aromatic N) is 1. The van der Waals surface area contributed by atoms with Crippen LogP contribution < -0.4 is 10.9 Å². The number of halogens is 3. The fourth-order valence-corrected chi connectivity index (χ4v) is 3.96. The second-order valence-corrected chi connectivity index (χ2v) is 8.99. The van der Waals surface area contributed by atoms with Crippen LogP contribution in [0, 0.1) is 0 Å². The van der Waals surface area contributed by atoms with Gasteiger partial charge in [0.05, 0.1) is 11.3 Å². The third kappa shape index (κ3) is 5.93. The van der Waals surface area contributed by atoms with Crippen molar-refractivity contribution in [2.75, 3.05) is 0 Å². The highest BCUT2D eigenvalue weighted by Crippen LogP contribution is 2.30. The zero-order valence-electron chi connectivity index (χ0n) is 18.4. The molecule has 0 radical (unpaired) electrons. The zero-order chi connectivity index (χ0) is 25.0. The van der Waals surface area contributed by atoms with Crippen LogP contribution in [0.4, 0.5) is 13.2 Å². The molecule has 1 heterocycles. The number of aromatic nitrogens is 1. The van der Waals surface area contributed by atoms with Crippen LogP contribution in [0.5, 0.6) is 0 Å². The predicted octanol–water partition coefficient (Wildman–Crippen LogP) is 4.02. The Morgan fingerprint density at radius 1 is 1.00 bits per heavy atom. The van der Waals surface area contributed by atoms with E-state index in [1.54, 1.807) is 44.2 Å². The molecule has 0 saturated carbocycles. The number of thiol groups is 1. The molecule has 1 aromatic heterocycles. The lowest BCUT2D eigenvalue weighted by molar-refractivity contribution is -0.137. The van der Waals surface area contributed by atoms with Crippen LogP contribution in [-0.2, 0) is 29.2 Å². The monoisotopic (exact) mass is 492 g/mol. The van der Waals surface area contributed by atoms with Gasteiger partial charge in [-0.25, -0.2) is 8.42 Å². The summed E-state index contributed by atoms with van der Waals surface area (Å²) in [7, 11) is -2.55. The SMILES string of the molecule is CC(C)c1ccc(C(=O)NCc2ccc(C[SH](=O)=O)cc2)c(=O)n1-c1cccc(C(F)(F)F)c1. The van der Waals surface area contributed by atoms with E-state index in [0.717, 1.165) is 16.7 Å². The minimum absolute atomic E-state index is 0.0190. The first kappa shape index (κ1) is 25.2. The first-order valence-corrected chi connectivity index (χ1v) is 11.7. The van der Waals surface area contributed by atoms with E-state index in [-0.39, 0.29) is 29.5 Å². The number of alkyl halides is 3. The number of nitrogens with one attached hydrogen (secondary N) is 1. The van der Waals surface area contributed by atoms with Gasteiger partial charge in [0, 0.05) is 17.9 Å². The van der Waals surface area contributed by atoms with Crippen molar-refractivity contribution in [3.05, 3.63) is 99.0 Å². The summed E-state index contributed by atoms with van der Waals surface area (Å²) in [5, 5.41) is 2.63. The van der Waals surface area contributed by atoms with E-state index in [1.807, 2.05) is 0 Å². The lowest BCUT2D eigenvalue weighted by atomic mass is 10.1. The molecule has 180 valence electrons. The van der Waals surface area contributed by atoms with Crippen molar-refractivity contribution < 1.29 is 26.4 Å². The average molecular weight is 493 g/mol. The van der Waals surface area contributed by atoms with Crippen LogP contribution in [0.1, 0.15) is 52.5 Å². The molecule has 6 nitrogen and oxygen atoms in total. The molecule has 2 aromatic carbocycles. The van der Waals surface area contributed by atoms with Gasteiger partial charge in [-0.2, -0.15) is 13.2 Å². The summed E-state index contributed by atoms with van der Waals surface area (Å²) in [6.07, 6.45) is -4.58. The average Bonchev–Trinajstić information content (AvgIpc) is 2.77. The molecular weight excluding hydrogens is 469 g/mol. The van der Waals surface area contributed by atoms with Crippen molar-refractivity contribution in [3.63, 3.8) is 0 Å². The Balaban J connectivity index is 1.91. The standard InChI is InChI=1S/C24H23F3N2O4S/c1-15(2)21-11-10-20(22(30)28-13-16-6-8-17(9-7-16)14-34(32)33)23(31)29(21)19-5-3-4-18(12-19)24(25,26)27/h3-12,15,34H,13-14H2,1-2H3,(H,28,30). The normalized spacial score (nSPS) is 11.7. The molecule has 0 atom stereocenters. The lowest BCUT2D eigenvalue weighted by Gasteiger charge is -2.18. The Morgan fingerprint density at radius 3 is 2.24 bits per heavy atom. The molecule has 0 unspecified atom stereocenters. The van der Waals surface area contributed by atoms with Crippen LogP contribution in [-0.4, -0.2) is 18.9 Å². The van der Waals surface area contributed by atoms with Gasteiger partial charge >= 0.3 is 6.18 Å². The summed E-state index contributed by atoms with van der Waals surface area (Å²) < 4.78 is 62.4. The van der Waals surface area contributed by atoms with E-state index < -0.39 is 33.9 Å². The maximum Gasteiger partial charge on any atom is 0.416 e. The van der Waals surface area contributed by atoms with Gasteiger partial charge in [0.25, 0.3) is 11.5 Å². The largest absolute Gasteiger partial charge is 0.416 e. The fourth-order valence-electron chi connectivity index (χ4n) is 3.45. The molecule has 1 amide bonds. The Kier molecular flexibility index (Phi) is 7.61. The topological polar surface area (TPSA) is 85.2 Å². The summed E-state index contributed by atoms with van der Waals surface area (Å²) in [4.78, 5) is 26.0. The molecule has 0 spiro atoms. The molecular formula is C24H23F3N2O4S. The molecule has 0 saturated heterocycles. The highest BCUT2D eigenvalue weighted by molar-refractivity contribution is 7.71. The minimum Gasteiger partial charge on any atom is -0.348 e. The van der Waals surface area contributed by atoms with Crippen LogP contribution in [0.2, 0.25) is 0 Å². The molecule has 3 aromatic rings. The van der Waals surface area contributed by atoms with Crippen molar-refractivity contribution >= 4 is 16.6 Å². The number of benzene rings is 2. The quantitative estimate of drug-likeness (QED) is 0.488. The summed E-state index contributed by atoms with van der Waals surface area (Å²) >= 11 is 0. The van der Waals surface area contributed by atoms with Gasteiger partial charge in [-0.15, -0.1) is 0 Å². The highest BCUT2D eigenvalue weighted by atomic mass is 32.2. The Hall–Kier alpha value is -3.40. The molecule has 0 bridgehead atoms. The lowest BCUT2D eigenvalue weighted by Crippen LogP contribution is -2.33. The number of hydrogen-bond acceptors (Lipinski definition) is 4. The van der Waals surface area contributed by atoms with Gasteiger partial charge in [-0.1, -0.05) is 44.2 Å². The van der Waals surface area contributed by atoms with Gasteiger partial charge in [0.1, 0.15) is 16.3 Å². The number of carbonyl (C=O) groups excluding carboxylic acids is 1. The second kappa shape index (κ2) is 10.3. The third-order valence-electron chi connectivity index (χ3n) is 5.17. The van der Waals surface area contributed by atoms with Crippen LogP contribution in [0.3, 0.4) is 0 Å². The van der Waals surface area contributed by atoms with E-state index in [2.05, 4.69) is 5.32 Å². The Bertz CT molecular complexity index is 1320. The summed E-state index contributed by atoms with van der Waals surface area (Å²) in [6.45, 7) is 3.67. The van der Waals surface area contributed by atoms with Crippen LogP contribution >= 0.6 is 0 Å². The molecule has 34 heavy (non-hydrogen) atoms. The van der Waals surface area contributed by atoms with Gasteiger partial charge in [0.15, 0.2) is 0 Å². The number of pyridine rings is 1. The predicted molar refractivity (Wildman–Crippen MR) is 123 cm³/mol. The minimum atomic E-state index is -4.58. The van der Waals surface area contributed by atoms with Crippen molar-refractivity contribution in [1.29, 1.82) is 0 Å². The zero-order valence-corrected chi connectivity index (χ0v) is 19.3. The number of amides is 1. The molecule has 0 aliphatic rings. The second-order valence-electron chi connectivity index (χ2n) is 8.01. The number of carbonyl (C=O) groups is 1. The molecule has 0 aliphatic heterocycles. The van der Waals surface area contributed by atoms with E-state index >= 15 is 0 Å². The Morgan fingerprint density at radius 2 is 1.65 bits per heavy atom. The molecule has 3 rings (SSSR count). The van der Waals surface area contributed by atoms with Crippen LogP contribution in [0.25, 0.3) is 5.69 Å². The van der Waals surface area contributed by atoms with E-state index in [9.17, 15) is 31.2 Å². The first-order chi connectivity index (χ1) is 16.0. The van der Waals surface area contributed by atoms with Gasteiger partial charge in [0.2, 0.25) is 0 Å². The summed E-state index contributed by atoms with van der Waals surface area (Å²) in [6, 6.07) is 13.9. The number of rotatable bonds is 7. The number of hydrogen-bond donors (Lipinski definition) is 2. The van der Waals surface area contributed by atoms with E-state index in [0.29, 0.717) is 16.8 Å². The van der Waals surface area contributed by atoms with Crippen molar-refractivity contribution in [2.45, 2.75) is 38.2 Å². The molecule has 1 N–H and O–H groups in total. The van der Waals surface area contributed by atoms with Crippen LogP contribution in [0.15, 0.2) is 65.5 Å². The fraction of sp³-hybridized carbons (Fsp3) is 0.250. The van der Waals surface area contributed by atoms with Crippen molar-refractivity contribution in [2.24, 2.45) is 0 Å². The summed E-state index contributed by atoms with van der Waals surface area (Å²) in [5.41, 5.74) is -0.0425. The van der Waals surface area contributed by atoms with Gasteiger partial charge < -0.3 is 5.32 Å². The van der Waals surface area contributed by atoms with Crippen molar-refractivity contribution in [3.8, 4) is 5.69 Å².